The molecule has 1 amide bonds. The number of carbonyl (C=O) groups excluding carboxylic acids is 1. The standard InChI is InChI=1S/C20H23FN2O2/c21-18-6-8-19(9-7-18)22-14-16-10-12-23(13-11-16)20(24)25-15-17-4-2-1-3-5-17/h1-9,16,22H,10-15H2. The van der Waals surface area contributed by atoms with E-state index in [9.17, 15) is 9.18 Å². The maximum absolute atomic E-state index is 12.9. The maximum atomic E-state index is 12.9. The molecule has 5 heteroatoms. The summed E-state index contributed by atoms with van der Waals surface area (Å²) in [7, 11) is 0. The predicted molar refractivity (Wildman–Crippen MR) is 95.8 cm³/mol. The first kappa shape index (κ1) is 17.3. The number of halogens is 1. The van der Waals surface area contributed by atoms with Crippen LogP contribution in [0.4, 0.5) is 14.9 Å². The molecule has 25 heavy (non-hydrogen) atoms. The van der Waals surface area contributed by atoms with Crippen molar-refractivity contribution in [3.63, 3.8) is 0 Å². The minimum atomic E-state index is -0.242. The van der Waals surface area contributed by atoms with E-state index < -0.39 is 0 Å². The number of piperidine rings is 1. The molecule has 1 N–H and O–H groups in total. The fraction of sp³-hybridized carbons (Fsp3) is 0.350. The zero-order chi connectivity index (χ0) is 17.5. The lowest BCUT2D eigenvalue weighted by Gasteiger charge is -2.31. The van der Waals surface area contributed by atoms with Crippen LogP contribution in [0.2, 0.25) is 0 Å². The second-order valence-electron chi connectivity index (χ2n) is 6.36. The molecule has 0 spiro atoms. The molecule has 0 aliphatic carbocycles. The summed E-state index contributed by atoms with van der Waals surface area (Å²) >= 11 is 0. The van der Waals surface area contributed by atoms with Gasteiger partial charge in [0, 0.05) is 25.3 Å². The molecular formula is C20H23FN2O2. The highest BCUT2D eigenvalue weighted by Crippen LogP contribution is 2.19. The summed E-state index contributed by atoms with van der Waals surface area (Å²) in [5.74, 6) is 0.274. The minimum absolute atomic E-state index is 0.229. The number of hydrogen-bond acceptors (Lipinski definition) is 3. The summed E-state index contributed by atoms with van der Waals surface area (Å²) in [4.78, 5) is 13.9. The SMILES string of the molecule is O=C(OCc1ccccc1)N1CCC(CNc2ccc(F)cc2)CC1. The van der Waals surface area contributed by atoms with Crippen LogP contribution in [0, 0.1) is 11.7 Å². The predicted octanol–water partition coefficient (Wildman–Crippen LogP) is 4.29. The van der Waals surface area contributed by atoms with E-state index in [1.807, 2.05) is 30.3 Å². The van der Waals surface area contributed by atoms with Gasteiger partial charge in [0.05, 0.1) is 0 Å². The smallest absolute Gasteiger partial charge is 0.410 e. The first-order chi connectivity index (χ1) is 12.2. The average Bonchev–Trinajstić information content (AvgIpc) is 2.67. The van der Waals surface area contributed by atoms with Crippen molar-refractivity contribution in [2.75, 3.05) is 25.0 Å². The fourth-order valence-corrected chi connectivity index (χ4v) is 2.96. The molecule has 1 aliphatic rings. The molecule has 1 saturated heterocycles. The molecule has 1 heterocycles. The Morgan fingerprint density at radius 3 is 2.44 bits per heavy atom. The highest BCUT2D eigenvalue weighted by molar-refractivity contribution is 5.67. The first-order valence-corrected chi connectivity index (χ1v) is 8.66. The average molecular weight is 342 g/mol. The summed E-state index contributed by atoms with van der Waals surface area (Å²) in [5.41, 5.74) is 1.92. The Morgan fingerprint density at radius 2 is 1.76 bits per heavy atom. The number of anilines is 1. The lowest BCUT2D eigenvalue weighted by molar-refractivity contribution is 0.0832. The number of hydrogen-bond donors (Lipinski definition) is 1. The monoisotopic (exact) mass is 342 g/mol. The van der Waals surface area contributed by atoms with Gasteiger partial charge < -0.3 is 15.0 Å². The van der Waals surface area contributed by atoms with Crippen molar-refractivity contribution in [2.45, 2.75) is 19.4 Å². The van der Waals surface area contributed by atoms with Crippen LogP contribution in [-0.2, 0) is 11.3 Å². The van der Waals surface area contributed by atoms with Crippen molar-refractivity contribution in [1.29, 1.82) is 0 Å². The first-order valence-electron chi connectivity index (χ1n) is 8.66. The molecule has 0 unspecified atom stereocenters. The summed E-state index contributed by atoms with van der Waals surface area (Å²) in [6, 6.07) is 16.1. The van der Waals surface area contributed by atoms with Crippen LogP contribution in [0.5, 0.6) is 0 Å². The Morgan fingerprint density at radius 1 is 1.08 bits per heavy atom. The van der Waals surface area contributed by atoms with E-state index >= 15 is 0 Å². The van der Waals surface area contributed by atoms with Crippen molar-refractivity contribution in [3.8, 4) is 0 Å². The summed E-state index contributed by atoms with van der Waals surface area (Å²) in [6.07, 6.45) is 1.64. The molecule has 2 aromatic rings. The van der Waals surface area contributed by atoms with Gasteiger partial charge >= 0.3 is 6.09 Å². The number of nitrogens with one attached hydrogen (secondary N) is 1. The Labute approximate surface area is 147 Å². The van der Waals surface area contributed by atoms with E-state index in [-0.39, 0.29) is 11.9 Å². The largest absolute Gasteiger partial charge is 0.445 e. The zero-order valence-electron chi connectivity index (χ0n) is 14.2. The van der Waals surface area contributed by atoms with E-state index in [0.29, 0.717) is 25.6 Å². The van der Waals surface area contributed by atoms with Gasteiger partial charge in [0.1, 0.15) is 12.4 Å². The van der Waals surface area contributed by atoms with Crippen LogP contribution >= 0.6 is 0 Å². The third-order valence-corrected chi connectivity index (χ3v) is 4.52. The van der Waals surface area contributed by atoms with E-state index in [1.54, 1.807) is 17.0 Å². The van der Waals surface area contributed by atoms with Gasteiger partial charge in [-0.05, 0) is 48.6 Å². The molecule has 0 saturated carbocycles. The molecule has 132 valence electrons. The normalized spacial score (nSPS) is 15.0. The molecule has 1 aliphatic heterocycles. The van der Waals surface area contributed by atoms with Crippen molar-refractivity contribution < 1.29 is 13.9 Å². The topological polar surface area (TPSA) is 41.6 Å². The lowest BCUT2D eigenvalue weighted by atomic mass is 9.97. The lowest BCUT2D eigenvalue weighted by Crippen LogP contribution is -2.40. The van der Waals surface area contributed by atoms with E-state index in [4.69, 9.17) is 4.74 Å². The van der Waals surface area contributed by atoms with Crippen molar-refractivity contribution >= 4 is 11.8 Å². The zero-order valence-corrected chi connectivity index (χ0v) is 14.2. The van der Waals surface area contributed by atoms with E-state index in [2.05, 4.69) is 5.32 Å². The van der Waals surface area contributed by atoms with Crippen molar-refractivity contribution in [2.24, 2.45) is 5.92 Å². The van der Waals surface area contributed by atoms with Gasteiger partial charge in [0.15, 0.2) is 0 Å². The van der Waals surface area contributed by atoms with Gasteiger partial charge in [-0.2, -0.15) is 0 Å². The van der Waals surface area contributed by atoms with Gasteiger partial charge in [0.2, 0.25) is 0 Å². The number of amides is 1. The van der Waals surface area contributed by atoms with Crippen LogP contribution in [0.1, 0.15) is 18.4 Å². The minimum Gasteiger partial charge on any atom is -0.445 e. The van der Waals surface area contributed by atoms with Gasteiger partial charge in [-0.1, -0.05) is 30.3 Å². The molecule has 0 aromatic heterocycles. The third-order valence-electron chi connectivity index (χ3n) is 4.52. The van der Waals surface area contributed by atoms with Crippen LogP contribution in [-0.4, -0.2) is 30.6 Å². The van der Waals surface area contributed by atoms with Crippen LogP contribution < -0.4 is 5.32 Å². The number of ether oxygens (including phenoxy) is 1. The van der Waals surface area contributed by atoms with Crippen LogP contribution in [0.25, 0.3) is 0 Å². The van der Waals surface area contributed by atoms with Gasteiger partial charge in [0.25, 0.3) is 0 Å². The molecule has 2 aromatic carbocycles. The van der Waals surface area contributed by atoms with E-state index in [0.717, 1.165) is 30.6 Å². The Bertz CT molecular complexity index is 668. The van der Waals surface area contributed by atoms with Crippen LogP contribution in [0.3, 0.4) is 0 Å². The van der Waals surface area contributed by atoms with Crippen molar-refractivity contribution in [3.05, 3.63) is 66.0 Å². The number of rotatable bonds is 5. The molecule has 4 nitrogen and oxygen atoms in total. The summed E-state index contributed by atoms with van der Waals surface area (Å²) in [6.45, 7) is 2.57. The maximum Gasteiger partial charge on any atom is 0.410 e. The number of benzene rings is 2. The Kier molecular flexibility index (Phi) is 5.88. The Balaban J connectivity index is 1.37. The molecule has 0 radical (unpaired) electrons. The van der Waals surface area contributed by atoms with Crippen LogP contribution in [0.15, 0.2) is 54.6 Å². The molecular weight excluding hydrogens is 319 g/mol. The van der Waals surface area contributed by atoms with Gasteiger partial charge in [-0.15, -0.1) is 0 Å². The number of likely N-dealkylation sites (tertiary alicyclic amines) is 1. The molecule has 1 fully saturated rings. The van der Waals surface area contributed by atoms with Gasteiger partial charge in [-0.25, -0.2) is 9.18 Å². The Hall–Kier alpha value is -2.56. The second kappa shape index (κ2) is 8.51. The van der Waals surface area contributed by atoms with E-state index in [1.165, 1.54) is 12.1 Å². The molecule has 0 bridgehead atoms. The fourth-order valence-electron chi connectivity index (χ4n) is 2.96. The summed E-state index contributed by atoms with van der Waals surface area (Å²) < 4.78 is 18.3. The summed E-state index contributed by atoms with van der Waals surface area (Å²) in [5, 5.41) is 3.33. The highest BCUT2D eigenvalue weighted by Gasteiger charge is 2.23. The van der Waals surface area contributed by atoms with Crippen molar-refractivity contribution in [1.82, 2.24) is 4.90 Å². The molecule has 3 rings (SSSR count). The van der Waals surface area contributed by atoms with Gasteiger partial charge in [-0.3, -0.25) is 0 Å². The second-order valence-corrected chi connectivity index (χ2v) is 6.36. The quantitative estimate of drug-likeness (QED) is 0.881. The number of carbonyl (C=O) groups is 1. The highest BCUT2D eigenvalue weighted by atomic mass is 19.1. The third kappa shape index (κ3) is 5.21. The molecule has 0 atom stereocenters. The number of nitrogens with zero attached hydrogens (tertiary/aromatic N) is 1.